The molecule has 4 fully saturated rings. The zero-order chi connectivity index (χ0) is 26.9. The summed E-state index contributed by atoms with van der Waals surface area (Å²) < 4.78 is 6.78. The van der Waals surface area contributed by atoms with Gasteiger partial charge in [-0.15, -0.1) is 0 Å². The van der Waals surface area contributed by atoms with Gasteiger partial charge in [0.2, 0.25) is 5.71 Å². The summed E-state index contributed by atoms with van der Waals surface area (Å²) in [6.07, 6.45) is 13.7. The van der Waals surface area contributed by atoms with E-state index in [0.29, 0.717) is 23.6 Å². The van der Waals surface area contributed by atoms with Gasteiger partial charge in [0.25, 0.3) is 5.56 Å². The number of methoxy groups -OCH3 is 1. The number of piperidine rings is 2. The molecule has 3 heterocycles. The van der Waals surface area contributed by atoms with Gasteiger partial charge in [-0.3, -0.25) is 9.69 Å². The highest BCUT2D eigenvalue weighted by molar-refractivity contribution is 6.42. The summed E-state index contributed by atoms with van der Waals surface area (Å²) >= 11 is 0. The molecule has 4 unspecified atom stereocenters. The fourth-order valence-corrected chi connectivity index (χ4v) is 8.23. The van der Waals surface area contributed by atoms with Crippen molar-refractivity contribution in [3.8, 4) is 0 Å². The molecule has 6 rings (SSSR count). The highest BCUT2D eigenvalue weighted by Crippen LogP contribution is 2.47. The van der Waals surface area contributed by atoms with Gasteiger partial charge >= 0.3 is 5.97 Å². The Morgan fingerprint density at radius 1 is 0.974 bits per heavy atom. The smallest absolute Gasteiger partial charge is 0.362 e. The van der Waals surface area contributed by atoms with Gasteiger partial charge in [-0.25, -0.2) is 9.78 Å². The molecule has 0 radical (unpaired) electrons. The van der Waals surface area contributed by atoms with Crippen LogP contribution in [0.5, 0.6) is 0 Å². The van der Waals surface area contributed by atoms with E-state index < -0.39 is 5.97 Å². The third kappa shape index (κ3) is 5.11. The maximum atomic E-state index is 14.1. The minimum Gasteiger partial charge on any atom is -0.464 e. The van der Waals surface area contributed by atoms with E-state index in [-0.39, 0.29) is 36.2 Å². The highest BCUT2D eigenvalue weighted by Gasteiger charge is 2.45. The molecule has 4 atom stereocenters. The normalized spacial score (nSPS) is 31.2. The summed E-state index contributed by atoms with van der Waals surface area (Å²) in [5, 5.41) is 13.0. The summed E-state index contributed by atoms with van der Waals surface area (Å²) in [5.74, 6) is 0.979. The van der Waals surface area contributed by atoms with E-state index in [1.54, 1.807) is 0 Å². The number of esters is 1. The van der Waals surface area contributed by atoms with Crippen molar-refractivity contribution in [1.82, 2.24) is 14.5 Å². The quantitative estimate of drug-likeness (QED) is 0.248. The topological polar surface area (TPSA) is 106 Å². The molecule has 2 saturated heterocycles. The Balaban J connectivity index is 1.36. The number of oxime groups is 1. The largest absolute Gasteiger partial charge is 0.464 e. The summed E-state index contributed by atoms with van der Waals surface area (Å²) in [7, 11) is 1.24. The number of ether oxygens (including phenoxy) is 1. The first-order chi connectivity index (χ1) is 19.1. The van der Waals surface area contributed by atoms with Crippen LogP contribution in [0, 0.1) is 11.8 Å². The molecule has 2 aliphatic carbocycles. The van der Waals surface area contributed by atoms with Crippen LogP contribution >= 0.6 is 0 Å². The molecular weight excluding hydrogens is 496 g/mol. The number of carbonyl (C=O) groups is 1. The van der Waals surface area contributed by atoms with Crippen molar-refractivity contribution in [2.45, 2.75) is 94.8 Å². The lowest BCUT2D eigenvalue weighted by molar-refractivity contribution is -0.132. The molecule has 4 aliphatic rings. The number of benzene rings is 1. The number of nitrogens with zero attached hydrogens (tertiary/aromatic N) is 4. The van der Waals surface area contributed by atoms with E-state index in [1.165, 1.54) is 64.9 Å². The van der Waals surface area contributed by atoms with E-state index >= 15 is 0 Å². The Morgan fingerprint density at radius 2 is 1.67 bits per heavy atom. The van der Waals surface area contributed by atoms with Crippen molar-refractivity contribution in [3.63, 3.8) is 0 Å². The number of carbonyl (C=O) groups excluding carboxylic acids is 1. The van der Waals surface area contributed by atoms with Crippen LogP contribution in [0.2, 0.25) is 0 Å². The van der Waals surface area contributed by atoms with Gasteiger partial charge in [0, 0.05) is 24.2 Å². The lowest BCUT2D eigenvalue weighted by Gasteiger charge is -2.55. The number of hydrogen-bond donors (Lipinski definition) is 1. The third-order valence-corrected chi connectivity index (χ3v) is 9.63. The van der Waals surface area contributed by atoms with Crippen LogP contribution in [0.25, 0.3) is 11.0 Å². The second kappa shape index (κ2) is 11.4. The Kier molecular flexibility index (Phi) is 7.71. The van der Waals surface area contributed by atoms with Crippen LogP contribution in [0.15, 0.2) is 34.2 Å². The van der Waals surface area contributed by atoms with Crippen LogP contribution in [0.4, 0.5) is 0 Å². The predicted molar refractivity (Wildman–Crippen MR) is 148 cm³/mol. The fraction of sp³-hybridized carbons (Fsp3) is 0.667. The molecule has 2 saturated carbocycles. The zero-order valence-corrected chi connectivity index (χ0v) is 22.8. The molecule has 2 aliphatic heterocycles. The van der Waals surface area contributed by atoms with Crippen LogP contribution in [0.3, 0.4) is 0 Å². The lowest BCUT2D eigenvalue weighted by Crippen LogP contribution is -2.58. The molecule has 39 heavy (non-hydrogen) atoms. The Hall–Kier alpha value is -2.78. The van der Waals surface area contributed by atoms with Crippen LogP contribution in [0.1, 0.15) is 82.4 Å². The van der Waals surface area contributed by atoms with Gasteiger partial charge in [-0.05, 0) is 68.9 Å². The average molecular weight is 537 g/mol. The molecule has 9 heteroatoms. The Morgan fingerprint density at radius 3 is 2.36 bits per heavy atom. The molecule has 9 nitrogen and oxygen atoms in total. The molecule has 0 amide bonds. The van der Waals surface area contributed by atoms with E-state index in [9.17, 15) is 9.59 Å². The maximum absolute atomic E-state index is 14.1. The van der Waals surface area contributed by atoms with Crippen molar-refractivity contribution in [2.75, 3.05) is 20.3 Å². The van der Waals surface area contributed by atoms with Crippen molar-refractivity contribution < 1.29 is 19.5 Å². The predicted octanol–water partition coefficient (Wildman–Crippen LogP) is 3.81. The number of rotatable bonds is 7. The zero-order valence-electron chi connectivity index (χ0n) is 22.8. The summed E-state index contributed by atoms with van der Waals surface area (Å²) in [6, 6.07) is 9.22. The molecule has 1 aromatic heterocycles. The highest BCUT2D eigenvalue weighted by atomic mass is 16.6. The molecule has 2 aromatic rings. The number of aliphatic hydroxyl groups excluding tert-OH is 1. The second-order valence-corrected chi connectivity index (χ2v) is 11.9. The SMILES string of the molecule is COC(=O)/C(=N\OCCO)c1nc2ccccc2n(C2CC3CCCC(C2)N3C2CC3CCCC(C3)C2)c1=O. The molecule has 0 spiro atoms. The Labute approximate surface area is 229 Å². The van der Waals surface area contributed by atoms with Gasteiger partial charge in [-0.1, -0.05) is 43.0 Å². The van der Waals surface area contributed by atoms with Gasteiger partial charge < -0.3 is 19.2 Å². The van der Waals surface area contributed by atoms with Gasteiger partial charge in [-0.2, -0.15) is 0 Å². The number of hydrogen-bond acceptors (Lipinski definition) is 8. The van der Waals surface area contributed by atoms with Crippen molar-refractivity contribution in [1.29, 1.82) is 0 Å². The minimum atomic E-state index is -0.797. The molecule has 210 valence electrons. The van der Waals surface area contributed by atoms with E-state index in [4.69, 9.17) is 14.7 Å². The van der Waals surface area contributed by atoms with E-state index in [0.717, 1.165) is 30.2 Å². The van der Waals surface area contributed by atoms with Gasteiger partial charge in [0.15, 0.2) is 5.69 Å². The summed E-state index contributed by atoms with van der Waals surface area (Å²) in [5.41, 5.74) is 0.691. The first-order valence-electron chi connectivity index (χ1n) is 14.8. The number of para-hydroxylation sites is 2. The molecule has 1 N–H and O–H groups in total. The number of fused-ring (bicyclic) bond motifs is 5. The second-order valence-electron chi connectivity index (χ2n) is 11.9. The maximum Gasteiger partial charge on any atom is 0.362 e. The average Bonchev–Trinajstić information content (AvgIpc) is 2.94. The fourth-order valence-electron chi connectivity index (χ4n) is 8.23. The first-order valence-corrected chi connectivity index (χ1v) is 14.8. The van der Waals surface area contributed by atoms with Crippen LogP contribution in [-0.2, 0) is 14.4 Å². The van der Waals surface area contributed by atoms with Crippen molar-refractivity contribution in [2.24, 2.45) is 17.0 Å². The number of aliphatic hydroxyl groups is 1. The summed E-state index contributed by atoms with van der Waals surface area (Å²) in [4.78, 5) is 39.3. The Bertz CT molecular complexity index is 1270. The van der Waals surface area contributed by atoms with Gasteiger partial charge in [0.1, 0.15) is 6.61 Å². The minimum absolute atomic E-state index is 0.0102. The van der Waals surface area contributed by atoms with Crippen molar-refractivity contribution in [3.05, 3.63) is 40.3 Å². The monoisotopic (exact) mass is 536 g/mol. The standard InChI is InChI=1S/C30H40N4O5/c1-38-30(37)28(32-39-13-12-35)27-29(36)34(26-11-3-2-10-25(26)31-27)24-17-21-8-5-9-22(18-24)33(21)23-15-19-6-4-7-20(14-19)16-23/h2-3,10-11,19-24,35H,4-9,12-18H2,1H3/b32-28-. The van der Waals surface area contributed by atoms with Gasteiger partial charge in [0.05, 0.1) is 24.8 Å². The third-order valence-electron chi connectivity index (χ3n) is 9.63. The van der Waals surface area contributed by atoms with Crippen molar-refractivity contribution >= 4 is 22.7 Å². The van der Waals surface area contributed by atoms with Crippen LogP contribution < -0.4 is 5.56 Å². The molecule has 1 aromatic carbocycles. The van der Waals surface area contributed by atoms with E-state index in [2.05, 4.69) is 15.0 Å². The first kappa shape index (κ1) is 26.4. The summed E-state index contributed by atoms with van der Waals surface area (Å²) in [6.45, 7) is -0.371. The molecular formula is C30H40N4O5. The molecule has 4 bridgehead atoms. The lowest BCUT2D eigenvalue weighted by atomic mass is 9.68. The van der Waals surface area contributed by atoms with E-state index in [1.807, 2.05) is 28.8 Å². The van der Waals surface area contributed by atoms with Crippen LogP contribution in [-0.4, -0.2) is 69.7 Å². The number of aromatic nitrogens is 2.